The van der Waals surface area contributed by atoms with Gasteiger partial charge in [0.2, 0.25) is 0 Å². The Morgan fingerprint density at radius 2 is 1.71 bits per heavy atom. The summed E-state index contributed by atoms with van der Waals surface area (Å²) in [6, 6.07) is 15.5. The molecule has 1 heterocycles. The average Bonchev–Trinajstić information content (AvgIpc) is 2.63. The molecule has 2 aromatic rings. The smallest absolute Gasteiger partial charge is 0.253 e. The molecule has 24 heavy (non-hydrogen) atoms. The van der Waals surface area contributed by atoms with E-state index in [9.17, 15) is 4.79 Å². The molecule has 1 aliphatic heterocycles. The quantitative estimate of drug-likeness (QED) is 0.810. The molecule has 1 fully saturated rings. The predicted octanol–water partition coefficient (Wildman–Crippen LogP) is 4.60. The van der Waals surface area contributed by atoms with Crippen molar-refractivity contribution in [2.75, 3.05) is 25.0 Å². The molecule has 0 saturated carbocycles. The van der Waals surface area contributed by atoms with Gasteiger partial charge < -0.3 is 9.80 Å². The van der Waals surface area contributed by atoms with Crippen molar-refractivity contribution >= 4 is 23.2 Å². The Morgan fingerprint density at radius 3 is 2.42 bits per heavy atom. The molecule has 0 N–H and O–H groups in total. The molecule has 0 aliphatic carbocycles. The highest BCUT2D eigenvalue weighted by atomic mass is 35.5. The fourth-order valence-corrected chi connectivity index (χ4v) is 3.35. The Labute approximate surface area is 148 Å². The molecule has 1 aliphatic rings. The van der Waals surface area contributed by atoms with Crippen LogP contribution in [0.3, 0.4) is 0 Å². The van der Waals surface area contributed by atoms with Crippen LogP contribution in [-0.4, -0.2) is 30.9 Å². The summed E-state index contributed by atoms with van der Waals surface area (Å²) in [7, 11) is 1.85. The number of nitrogens with zero attached hydrogens (tertiary/aromatic N) is 2. The van der Waals surface area contributed by atoms with Gasteiger partial charge in [0.1, 0.15) is 0 Å². The van der Waals surface area contributed by atoms with Crippen LogP contribution >= 0.6 is 11.6 Å². The molecule has 2 aromatic carbocycles. The third-order valence-electron chi connectivity index (χ3n) is 4.53. The summed E-state index contributed by atoms with van der Waals surface area (Å²) in [4.78, 5) is 16.8. The molecular formula is C20H23ClN2O. The summed E-state index contributed by atoms with van der Waals surface area (Å²) in [6.45, 7) is 2.81. The first-order valence-electron chi connectivity index (χ1n) is 8.49. The number of anilines is 1. The normalized spacial score (nSPS) is 14.5. The van der Waals surface area contributed by atoms with Gasteiger partial charge in [-0.15, -0.1) is 0 Å². The molecule has 0 radical (unpaired) electrons. The van der Waals surface area contributed by atoms with E-state index >= 15 is 0 Å². The van der Waals surface area contributed by atoms with Crippen molar-refractivity contribution in [3.05, 3.63) is 64.7 Å². The number of hydrogen-bond donors (Lipinski definition) is 0. The summed E-state index contributed by atoms with van der Waals surface area (Å²) >= 11 is 5.90. The Balaban J connectivity index is 1.75. The van der Waals surface area contributed by atoms with Crippen LogP contribution in [0, 0.1) is 0 Å². The van der Waals surface area contributed by atoms with E-state index in [-0.39, 0.29) is 5.91 Å². The van der Waals surface area contributed by atoms with E-state index in [4.69, 9.17) is 11.6 Å². The zero-order chi connectivity index (χ0) is 16.9. The first-order chi connectivity index (χ1) is 11.6. The fourth-order valence-electron chi connectivity index (χ4n) is 3.23. The molecule has 0 unspecified atom stereocenters. The monoisotopic (exact) mass is 342 g/mol. The van der Waals surface area contributed by atoms with Gasteiger partial charge in [0.15, 0.2) is 0 Å². The van der Waals surface area contributed by atoms with Crippen molar-refractivity contribution in [3.63, 3.8) is 0 Å². The SMILES string of the molecule is CN(Cc1ccccc1N1CCCCC1)C(=O)c1ccc(Cl)cc1. The van der Waals surface area contributed by atoms with Crippen LogP contribution in [0.4, 0.5) is 5.69 Å². The topological polar surface area (TPSA) is 23.6 Å². The lowest BCUT2D eigenvalue weighted by molar-refractivity contribution is 0.0785. The van der Waals surface area contributed by atoms with Gasteiger partial charge in [-0.05, 0) is 55.2 Å². The van der Waals surface area contributed by atoms with Gasteiger partial charge in [-0.25, -0.2) is 0 Å². The minimum atomic E-state index is 0.0140. The summed E-state index contributed by atoms with van der Waals surface area (Å²) in [5.74, 6) is 0.0140. The van der Waals surface area contributed by atoms with Crippen LogP contribution in [0.5, 0.6) is 0 Å². The molecule has 3 rings (SSSR count). The maximum Gasteiger partial charge on any atom is 0.253 e. The number of rotatable bonds is 4. The molecular weight excluding hydrogens is 320 g/mol. The largest absolute Gasteiger partial charge is 0.371 e. The van der Waals surface area contributed by atoms with E-state index in [0.29, 0.717) is 17.1 Å². The van der Waals surface area contributed by atoms with E-state index in [1.807, 2.05) is 13.1 Å². The minimum Gasteiger partial charge on any atom is -0.371 e. The summed E-state index contributed by atoms with van der Waals surface area (Å²) in [5, 5.41) is 0.643. The van der Waals surface area contributed by atoms with E-state index in [1.165, 1.54) is 30.5 Å². The van der Waals surface area contributed by atoms with Crippen molar-refractivity contribution in [3.8, 4) is 0 Å². The van der Waals surface area contributed by atoms with E-state index in [0.717, 1.165) is 13.1 Å². The van der Waals surface area contributed by atoms with Crippen LogP contribution in [0.25, 0.3) is 0 Å². The number of hydrogen-bond acceptors (Lipinski definition) is 2. The van der Waals surface area contributed by atoms with Crippen LogP contribution in [0.15, 0.2) is 48.5 Å². The zero-order valence-corrected chi connectivity index (χ0v) is 14.8. The first kappa shape index (κ1) is 16.8. The zero-order valence-electron chi connectivity index (χ0n) is 14.0. The molecule has 1 saturated heterocycles. The van der Waals surface area contributed by atoms with Crippen LogP contribution in [0.1, 0.15) is 35.2 Å². The van der Waals surface area contributed by atoms with Crippen molar-refractivity contribution in [2.24, 2.45) is 0 Å². The highest BCUT2D eigenvalue weighted by molar-refractivity contribution is 6.30. The molecule has 126 valence electrons. The van der Waals surface area contributed by atoms with Gasteiger partial charge in [0, 0.05) is 43.0 Å². The molecule has 4 heteroatoms. The van der Waals surface area contributed by atoms with Crippen LogP contribution in [-0.2, 0) is 6.54 Å². The molecule has 0 spiro atoms. The number of benzene rings is 2. The molecule has 3 nitrogen and oxygen atoms in total. The highest BCUT2D eigenvalue weighted by Crippen LogP contribution is 2.25. The minimum absolute atomic E-state index is 0.0140. The maximum atomic E-state index is 12.6. The van der Waals surface area contributed by atoms with Crippen LogP contribution in [0.2, 0.25) is 5.02 Å². The molecule has 1 amide bonds. The van der Waals surface area contributed by atoms with Crippen molar-refractivity contribution in [1.82, 2.24) is 4.90 Å². The van der Waals surface area contributed by atoms with Gasteiger partial charge in [-0.3, -0.25) is 4.79 Å². The average molecular weight is 343 g/mol. The lowest BCUT2D eigenvalue weighted by atomic mass is 10.1. The second-order valence-corrected chi connectivity index (χ2v) is 6.78. The van der Waals surface area contributed by atoms with Crippen molar-refractivity contribution in [1.29, 1.82) is 0 Å². The standard InChI is InChI=1S/C20H23ClN2O/c1-22(20(24)16-9-11-18(21)12-10-16)15-17-7-3-4-8-19(17)23-13-5-2-6-14-23/h3-4,7-12H,2,5-6,13-15H2,1H3. The third-order valence-corrected chi connectivity index (χ3v) is 4.79. The Morgan fingerprint density at radius 1 is 1.04 bits per heavy atom. The van der Waals surface area contributed by atoms with Crippen molar-refractivity contribution in [2.45, 2.75) is 25.8 Å². The van der Waals surface area contributed by atoms with Crippen LogP contribution < -0.4 is 4.90 Å². The molecule has 0 atom stereocenters. The second-order valence-electron chi connectivity index (χ2n) is 6.34. The molecule has 0 aromatic heterocycles. The van der Waals surface area contributed by atoms with Gasteiger partial charge in [-0.2, -0.15) is 0 Å². The summed E-state index contributed by atoms with van der Waals surface area (Å²) in [6.07, 6.45) is 3.80. The Kier molecular flexibility index (Phi) is 5.41. The lowest BCUT2D eigenvalue weighted by Gasteiger charge is -2.31. The number of piperidine rings is 1. The van der Waals surface area contributed by atoms with E-state index in [2.05, 4.69) is 23.1 Å². The number of amides is 1. The highest BCUT2D eigenvalue weighted by Gasteiger charge is 2.17. The first-order valence-corrected chi connectivity index (χ1v) is 8.87. The molecule has 0 bridgehead atoms. The van der Waals surface area contributed by atoms with Gasteiger partial charge in [0.05, 0.1) is 0 Å². The van der Waals surface area contributed by atoms with Gasteiger partial charge in [0.25, 0.3) is 5.91 Å². The number of carbonyl (C=O) groups excluding carboxylic acids is 1. The van der Waals surface area contributed by atoms with E-state index < -0.39 is 0 Å². The van der Waals surface area contributed by atoms with E-state index in [1.54, 1.807) is 29.2 Å². The predicted molar refractivity (Wildman–Crippen MR) is 99.8 cm³/mol. The van der Waals surface area contributed by atoms with Gasteiger partial charge in [-0.1, -0.05) is 29.8 Å². The fraction of sp³-hybridized carbons (Fsp3) is 0.350. The third kappa shape index (κ3) is 3.90. The Hall–Kier alpha value is -2.00. The Bertz CT molecular complexity index is 693. The second kappa shape index (κ2) is 7.71. The van der Waals surface area contributed by atoms with Gasteiger partial charge >= 0.3 is 0 Å². The number of para-hydroxylation sites is 1. The summed E-state index contributed by atoms with van der Waals surface area (Å²) in [5.41, 5.74) is 3.12. The lowest BCUT2D eigenvalue weighted by Crippen LogP contribution is -2.32. The number of carbonyl (C=O) groups is 1. The number of halogens is 1. The summed E-state index contributed by atoms with van der Waals surface area (Å²) < 4.78 is 0. The van der Waals surface area contributed by atoms with Crippen molar-refractivity contribution < 1.29 is 4.79 Å². The maximum absolute atomic E-state index is 12.6.